The summed E-state index contributed by atoms with van der Waals surface area (Å²) in [6.45, 7) is 40.2. The summed E-state index contributed by atoms with van der Waals surface area (Å²) in [5.74, 6) is 5.50. The van der Waals surface area contributed by atoms with E-state index in [1.807, 2.05) is 24.3 Å². The second-order valence-corrected chi connectivity index (χ2v) is 32.6. The van der Waals surface area contributed by atoms with Crippen LogP contribution in [0.3, 0.4) is 0 Å². The minimum atomic E-state index is -1.13. The number of amides is 1. The van der Waals surface area contributed by atoms with E-state index < -0.39 is 18.4 Å². The van der Waals surface area contributed by atoms with Crippen LogP contribution < -0.4 is 14.9 Å². The van der Waals surface area contributed by atoms with Gasteiger partial charge in [-0.2, -0.15) is 0 Å². The third kappa shape index (κ3) is 14.5. The summed E-state index contributed by atoms with van der Waals surface area (Å²) in [5, 5.41) is 9.43. The van der Waals surface area contributed by atoms with E-state index in [9.17, 15) is 14.7 Å². The SMILES string of the molecule is CC(C)(C)c1ccc(N(c2ccc(C(C)(C)C)cc2)c2c3nc(c(-c4cc(C(C)(C)C)cc(C(C)(C)C)c4)c4ccc([n-]4)c(C#Cc4ccc(C=C5SC(=S)N(CC(=O)O)C5=O)cc4)c4nc(c(-c5cc(C(C)(C)C)cc(C(C)(C)C)c5)c5ccc2[n-]5)C=C4)C=C3)cc1.[Zn+2]. The Balaban J connectivity index is 0.00000964. The van der Waals surface area contributed by atoms with Gasteiger partial charge >= 0.3 is 25.4 Å². The number of anilines is 3. The maximum atomic E-state index is 13.2. The van der Waals surface area contributed by atoms with Crippen molar-refractivity contribution in [3.8, 4) is 34.1 Å². The largest absolute Gasteiger partial charge is 2.00 e. The number of thiocarbonyl (C=S) groups is 1. The molecule has 8 bridgehead atoms. The maximum absolute atomic E-state index is 13.2. The summed E-state index contributed by atoms with van der Waals surface area (Å²) >= 11 is 6.47. The molecule has 1 fully saturated rings. The summed E-state index contributed by atoms with van der Waals surface area (Å²) < 4.78 is 0.212. The summed E-state index contributed by atoms with van der Waals surface area (Å²) in [6, 6.07) is 47.9. The fourth-order valence-electron chi connectivity index (χ4n) is 11.6. The van der Waals surface area contributed by atoms with Gasteiger partial charge in [0.05, 0.1) is 33.4 Å². The first-order valence-electron chi connectivity index (χ1n) is 32.0. The number of nitrogens with zero attached hydrogens (tertiary/aromatic N) is 6. The molecule has 3 aliphatic rings. The molecule has 474 valence electrons. The van der Waals surface area contributed by atoms with Crippen molar-refractivity contribution in [2.75, 3.05) is 11.4 Å². The van der Waals surface area contributed by atoms with Crippen LogP contribution >= 0.6 is 24.0 Å². The predicted molar refractivity (Wildman–Crippen MR) is 394 cm³/mol. The molecule has 1 amide bonds. The molecular formula is C82H84N6O3S2Zn. The Hall–Kier alpha value is -8.20. The molecule has 11 rings (SSSR count). The number of hydrogen-bond donors (Lipinski definition) is 1. The van der Waals surface area contributed by atoms with Gasteiger partial charge in [0.15, 0.2) is 0 Å². The molecule has 1 N–H and O–H groups in total. The fraction of sp³-hybridized carbons (Fsp3) is 0.305. The quantitative estimate of drug-likeness (QED) is 0.0683. The van der Waals surface area contributed by atoms with E-state index >= 15 is 0 Å². The Morgan fingerprint density at radius 3 is 1.34 bits per heavy atom. The van der Waals surface area contributed by atoms with Gasteiger partial charge in [-0.1, -0.05) is 258 Å². The Kier molecular flexibility index (Phi) is 18.6. The monoisotopic (exact) mass is 1330 g/mol. The fourth-order valence-corrected chi connectivity index (χ4v) is 12.9. The molecular weight excluding hydrogens is 1250 g/mol. The van der Waals surface area contributed by atoms with E-state index in [0.717, 1.165) is 101 Å². The van der Waals surface area contributed by atoms with E-state index in [4.69, 9.17) is 32.2 Å². The number of rotatable bonds is 8. The normalized spacial score (nSPS) is 14.1. The van der Waals surface area contributed by atoms with E-state index in [2.05, 4.69) is 275 Å². The first kappa shape index (κ1) is 68.7. The van der Waals surface area contributed by atoms with Crippen molar-refractivity contribution in [1.29, 1.82) is 0 Å². The Bertz CT molecular complexity index is 4490. The van der Waals surface area contributed by atoms with Crippen molar-refractivity contribution >= 4 is 110 Å². The zero-order chi connectivity index (χ0) is 67.1. The van der Waals surface area contributed by atoms with Gasteiger partial charge in [0.1, 0.15) is 10.9 Å². The first-order chi connectivity index (χ1) is 43.5. The molecule has 5 aromatic carbocycles. The van der Waals surface area contributed by atoms with Gasteiger partial charge in [0.2, 0.25) is 0 Å². The molecule has 0 saturated carbocycles. The van der Waals surface area contributed by atoms with Gasteiger partial charge in [0.25, 0.3) is 5.91 Å². The molecule has 0 aliphatic carbocycles. The number of fused-ring (bicyclic) bond motifs is 8. The number of aromatic nitrogens is 4. The van der Waals surface area contributed by atoms with Crippen LogP contribution in [0.1, 0.15) is 197 Å². The first-order valence-corrected chi connectivity index (χ1v) is 33.2. The van der Waals surface area contributed by atoms with Crippen molar-refractivity contribution in [2.24, 2.45) is 0 Å². The van der Waals surface area contributed by atoms with Crippen LogP contribution in [0, 0.1) is 11.8 Å². The maximum Gasteiger partial charge on any atom is 2.00 e. The average molecular weight is 1330 g/mol. The standard InChI is InChI=1S/C82H86N6O3S2.Zn/c1-77(2,3)53-24-28-59(29-25-53)88(60-30-26-54(27-31-60)78(4,5)6)74-68-39-37-66(85-68)72(51-42-55(79(7,8)9)46-56(43-51)80(10,11)12)64-35-33-62(83-64)61(32-23-49-19-21-50(22-20-49)41-70-75(91)87(48-71(89)90)76(92)93-70)63-34-36-65(84-63)73(67-38-40-69(74)86-67)52-44-57(81(13,14)15)47-58(45-52)82(16,17)18;/h19-22,24-31,33-47H,48H2,1-18H3,(H3,83,84,85,86,89,90,91);/q;+2/p-2. The van der Waals surface area contributed by atoms with Gasteiger partial charge in [0, 0.05) is 22.5 Å². The molecule has 0 radical (unpaired) electrons. The average Bonchev–Trinajstić information content (AvgIpc) is 1.50. The van der Waals surface area contributed by atoms with E-state index in [1.54, 1.807) is 6.08 Å². The molecule has 94 heavy (non-hydrogen) atoms. The molecule has 0 unspecified atom stereocenters. The Morgan fingerprint density at radius 2 is 0.904 bits per heavy atom. The minimum absolute atomic E-state index is 0. The topological polar surface area (TPSA) is 115 Å². The van der Waals surface area contributed by atoms with Crippen molar-refractivity contribution < 1.29 is 34.2 Å². The zero-order valence-corrected chi connectivity index (χ0v) is 62.4. The molecule has 6 heterocycles. The predicted octanol–water partition coefficient (Wildman–Crippen LogP) is 20.2. The number of carbonyl (C=O) groups excluding carboxylic acids is 1. The number of carboxylic acids is 1. The summed E-state index contributed by atoms with van der Waals surface area (Å²) in [4.78, 5) is 51.5. The number of hydrogen-bond acceptors (Lipinski definition) is 7. The summed E-state index contributed by atoms with van der Waals surface area (Å²) in [6.07, 6.45) is 10.2. The third-order valence-corrected chi connectivity index (χ3v) is 18.8. The number of benzene rings is 5. The van der Waals surface area contributed by atoms with Crippen molar-refractivity contribution in [1.82, 2.24) is 24.8 Å². The number of thioether (sulfide) groups is 1. The van der Waals surface area contributed by atoms with Gasteiger partial charge in [-0.15, -0.1) is 22.1 Å². The zero-order valence-electron chi connectivity index (χ0n) is 57.8. The molecule has 3 aliphatic heterocycles. The van der Waals surface area contributed by atoms with E-state index in [0.29, 0.717) is 21.7 Å². The van der Waals surface area contributed by atoms with Crippen LogP contribution in [-0.2, 0) is 61.6 Å². The molecule has 12 heteroatoms. The van der Waals surface area contributed by atoms with E-state index in [-0.39, 0.29) is 56.3 Å². The third-order valence-electron chi connectivity index (χ3n) is 17.4. The van der Waals surface area contributed by atoms with Crippen molar-refractivity contribution in [3.05, 3.63) is 211 Å². The van der Waals surface area contributed by atoms with Gasteiger partial charge in [-0.05, 0) is 160 Å². The van der Waals surface area contributed by atoms with Crippen LogP contribution in [0.4, 0.5) is 17.1 Å². The van der Waals surface area contributed by atoms with Crippen molar-refractivity contribution in [2.45, 2.75) is 157 Å². The molecule has 9 nitrogen and oxygen atoms in total. The minimum Gasteiger partial charge on any atom is -0.656 e. The Labute approximate surface area is 578 Å². The summed E-state index contributed by atoms with van der Waals surface area (Å²) in [7, 11) is 0. The summed E-state index contributed by atoms with van der Waals surface area (Å²) in [5.41, 5.74) is 20.8. The smallest absolute Gasteiger partial charge is 0.656 e. The number of carboxylic acid groups (broad SMARTS) is 1. The van der Waals surface area contributed by atoms with E-state index in [1.165, 1.54) is 33.4 Å². The molecule has 8 aromatic rings. The molecule has 1 saturated heterocycles. The van der Waals surface area contributed by atoms with Crippen LogP contribution in [-0.4, -0.2) is 42.7 Å². The van der Waals surface area contributed by atoms with Crippen LogP contribution in [0.2, 0.25) is 0 Å². The number of carbonyl (C=O) groups is 2. The molecule has 0 spiro atoms. The van der Waals surface area contributed by atoms with Gasteiger partial charge in [-0.25, -0.2) is 9.97 Å². The van der Waals surface area contributed by atoms with Crippen molar-refractivity contribution in [3.63, 3.8) is 0 Å². The van der Waals surface area contributed by atoms with Gasteiger partial charge in [-0.3, -0.25) is 14.5 Å². The van der Waals surface area contributed by atoms with Crippen LogP contribution in [0.25, 0.3) is 74.7 Å². The number of aliphatic carboxylic acids is 1. The molecule has 0 atom stereocenters. The second kappa shape index (κ2) is 25.5. The van der Waals surface area contributed by atoms with Gasteiger partial charge < -0.3 is 20.0 Å². The second-order valence-electron chi connectivity index (χ2n) is 30.9. The van der Waals surface area contributed by atoms with Crippen LogP contribution in [0.15, 0.2) is 138 Å². The van der Waals surface area contributed by atoms with Crippen LogP contribution in [0.5, 0.6) is 0 Å². The molecule has 3 aromatic heterocycles. The Morgan fingerprint density at radius 1 is 0.511 bits per heavy atom.